The number of nitrogens with zero attached hydrogens (tertiary/aromatic N) is 1. The van der Waals surface area contributed by atoms with Crippen LogP contribution in [0.5, 0.6) is 0 Å². The van der Waals surface area contributed by atoms with Gasteiger partial charge in [0, 0.05) is 20.6 Å². The zero-order valence-electron chi connectivity index (χ0n) is 9.27. The minimum atomic E-state index is -3.42. The minimum Gasteiger partial charge on any atom is -0.207 e. The van der Waals surface area contributed by atoms with Crippen LogP contribution in [-0.4, -0.2) is 33.4 Å². The molecule has 90 valence electrons. The summed E-state index contributed by atoms with van der Waals surface area (Å²) in [7, 11) is -0.548. The Morgan fingerprint density at radius 3 is 2.50 bits per heavy atom. The molecule has 16 heavy (non-hydrogen) atoms. The van der Waals surface area contributed by atoms with Gasteiger partial charge in [-0.3, -0.25) is 0 Å². The Bertz CT molecular complexity index is 446. The molecule has 1 rings (SSSR count). The first-order valence-corrected chi connectivity index (χ1v) is 6.28. The fourth-order valence-electron chi connectivity index (χ4n) is 1.14. The summed E-state index contributed by atoms with van der Waals surface area (Å²) in [6, 6.07) is 6.32. The smallest absolute Gasteiger partial charge is 0.207 e. The molecule has 1 N–H and O–H groups in total. The van der Waals surface area contributed by atoms with Gasteiger partial charge in [-0.05, 0) is 18.1 Å². The highest BCUT2D eigenvalue weighted by molar-refractivity contribution is 7.87. The van der Waals surface area contributed by atoms with Gasteiger partial charge in [0.1, 0.15) is 5.82 Å². The van der Waals surface area contributed by atoms with Crippen molar-refractivity contribution in [2.75, 3.05) is 20.6 Å². The molecule has 6 heteroatoms. The van der Waals surface area contributed by atoms with Gasteiger partial charge in [0.15, 0.2) is 0 Å². The Morgan fingerprint density at radius 2 is 1.94 bits per heavy atom. The molecule has 1 aromatic carbocycles. The van der Waals surface area contributed by atoms with Crippen LogP contribution in [0.2, 0.25) is 0 Å². The topological polar surface area (TPSA) is 49.4 Å². The molecule has 0 spiro atoms. The number of nitrogens with one attached hydrogen (secondary N) is 1. The van der Waals surface area contributed by atoms with Crippen LogP contribution in [0.1, 0.15) is 5.56 Å². The summed E-state index contributed by atoms with van der Waals surface area (Å²) in [4.78, 5) is 0. The van der Waals surface area contributed by atoms with Crippen molar-refractivity contribution in [2.45, 2.75) is 6.42 Å². The van der Waals surface area contributed by atoms with Gasteiger partial charge in [-0.1, -0.05) is 18.2 Å². The molecule has 0 saturated heterocycles. The maximum atomic E-state index is 13.2. The van der Waals surface area contributed by atoms with Crippen LogP contribution in [-0.2, 0) is 16.6 Å². The van der Waals surface area contributed by atoms with E-state index in [1.165, 1.54) is 20.2 Å². The fraction of sp³-hybridized carbons (Fsp3) is 0.400. The normalized spacial score (nSPS) is 12.0. The molecular formula is C10H15FN2O2S. The SMILES string of the molecule is CN(C)S(=O)(=O)NCCc1ccccc1F. The van der Waals surface area contributed by atoms with E-state index in [-0.39, 0.29) is 12.4 Å². The van der Waals surface area contributed by atoms with Crippen molar-refractivity contribution in [1.82, 2.24) is 9.03 Å². The first-order valence-electron chi connectivity index (χ1n) is 4.84. The molecule has 0 amide bonds. The molecule has 0 fully saturated rings. The first kappa shape index (κ1) is 13.1. The number of rotatable bonds is 5. The Kier molecular flexibility index (Phi) is 4.40. The molecule has 0 aromatic heterocycles. The van der Waals surface area contributed by atoms with Gasteiger partial charge in [-0.25, -0.2) is 9.11 Å². The average Bonchev–Trinajstić information content (AvgIpc) is 2.20. The largest absolute Gasteiger partial charge is 0.278 e. The third kappa shape index (κ3) is 3.55. The van der Waals surface area contributed by atoms with Crippen molar-refractivity contribution in [3.05, 3.63) is 35.6 Å². The van der Waals surface area contributed by atoms with Crippen molar-refractivity contribution >= 4 is 10.2 Å². The van der Waals surface area contributed by atoms with Crippen LogP contribution in [0.15, 0.2) is 24.3 Å². The Labute approximate surface area is 95.3 Å². The Balaban J connectivity index is 2.52. The summed E-state index contributed by atoms with van der Waals surface area (Å²) in [5, 5.41) is 0. The lowest BCUT2D eigenvalue weighted by atomic mass is 10.1. The quantitative estimate of drug-likeness (QED) is 0.834. The van der Waals surface area contributed by atoms with Crippen LogP contribution in [0.25, 0.3) is 0 Å². The molecule has 0 unspecified atom stereocenters. The number of halogens is 1. The van der Waals surface area contributed by atoms with E-state index < -0.39 is 10.2 Å². The molecule has 0 saturated carbocycles. The standard InChI is InChI=1S/C10H15FN2O2S/c1-13(2)16(14,15)12-8-7-9-5-3-4-6-10(9)11/h3-6,12H,7-8H2,1-2H3. The van der Waals surface area contributed by atoms with Crippen molar-refractivity contribution in [1.29, 1.82) is 0 Å². The molecule has 4 nitrogen and oxygen atoms in total. The molecule has 0 radical (unpaired) electrons. The highest BCUT2D eigenvalue weighted by atomic mass is 32.2. The van der Waals surface area contributed by atoms with Crippen molar-refractivity contribution in [3.8, 4) is 0 Å². The lowest BCUT2D eigenvalue weighted by molar-refractivity contribution is 0.505. The predicted octanol–water partition coefficient (Wildman–Crippen LogP) is 0.764. The maximum absolute atomic E-state index is 13.2. The molecule has 0 aliphatic heterocycles. The zero-order chi connectivity index (χ0) is 12.2. The summed E-state index contributed by atoms with van der Waals surface area (Å²) in [6.07, 6.45) is 0.333. The molecular weight excluding hydrogens is 231 g/mol. The van der Waals surface area contributed by atoms with Gasteiger partial charge in [-0.15, -0.1) is 0 Å². The van der Waals surface area contributed by atoms with E-state index in [1.54, 1.807) is 18.2 Å². The summed E-state index contributed by atoms with van der Waals surface area (Å²) in [5.41, 5.74) is 0.504. The van der Waals surface area contributed by atoms with Gasteiger partial charge in [0.25, 0.3) is 10.2 Å². The Morgan fingerprint density at radius 1 is 1.31 bits per heavy atom. The van der Waals surface area contributed by atoms with Crippen LogP contribution >= 0.6 is 0 Å². The lowest BCUT2D eigenvalue weighted by Gasteiger charge is -2.12. The van der Waals surface area contributed by atoms with Crippen molar-refractivity contribution in [2.24, 2.45) is 0 Å². The van der Waals surface area contributed by atoms with Gasteiger partial charge in [0.05, 0.1) is 0 Å². The summed E-state index contributed by atoms with van der Waals surface area (Å²) < 4.78 is 39.3. The van der Waals surface area contributed by atoms with Gasteiger partial charge < -0.3 is 0 Å². The third-order valence-electron chi connectivity index (χ3n) is 2.12. The number of hydrogen-bond donors (Lipinski definition) is 1. The Hall–Kier alpha value is -0.980. The second kappa shape index (κ2) is 5.38. The second-order valence-electron chi connectivity index (χ2n) is 3.52. The van der Waals surface area contributed by atoms with Crippen LogP contribution in [0.4, 0.5) is 4.39 Å². The number of benzene rings is 1. The first-order chi connectivity index (χ1) is 7.43. The van der Waals surface area contributed by atoms with E-state index in [1.807, 2.05) is 0 Å². The van der Waals surface area contributed by atoms with Gasteiger partial charge in [0.2, 0.25) is 0 Å². The molecule has 0 atom stereocenters. The molecule has 0 heterocycles. The van der Waals surface area contributed by atoms with E-state index in [0.717, 1.165) is 4.31 Å². The van der Waals surface area contributed by atoms with Crippen LogP contribution in [0, 0.1) is 5.82 Å². The van der Waals surface area contributed by atoms with Crippen LogP contribution in [0.3, 0.4) is 0 Å². The van der Waals surface area contributed by atoms with E-state index in [2.05, 4.69) is 4.72 Å². The maximum Gasteiger partial charge on any atom is 0.278 e. The molecule has 0 aliphatic rings. The predicted molar refractivity (Wildman–Crippen MR) is 60.7 cm³/mol. The zero-order valence-corrected chi connectivity index (χ0v) is 10.1. The van der Waals surface area contributed by atoms with E-state index in [4.69, 9.17) is 0 Å². The van der Waals surface area contributed by atoms with Crippen molar-refractivity contribution < 1.29 is 12.8 Å². The van der Waals surface area contributed by atoms with E-state index in [9.17, 15) is 12.8 Å². The summed E-state index contributed by atoms with van der Waals surface area (Å²) in [5.74, 6) is -0.313. The highest BCUT2D eigenvalue weighted by Gasteiger charge is 2.11. The van der Waals surface area contributed by atoms with E-state index in [0.29, 0.717) is 12.0 Å². The highest BCUT2D eigenvalue weighted by Crippen LogP contribution is 2.06. The molecule has 1 aromatic rings. The van der Waals surface area contributed by atoms with Gasteiger partial charge in [-0.2, -0.15) is 12.7 Å². The lowest BCUT2D eigenvalue weighted by Crippen LogP contribution is -2.36. The van der Waals surface area contributed by atoms with Gasteiger partial charge >= 0.3 is 0 Å². The monoisotopic (exact) mass is 246 g/mol. The average molecular weight is 246 g/mol. The number of hydrogen-bond acceptors (Lipinski definition) is 2. The third-order valence-corrected chi connectivity index (χ3v) is 3.65. The molecule has 0 aliphatic carbocycles. The minimum absolute atomic E-state index is 0.182. The fourth-order valence-corrected chi connectivity index (χ4v) is 1.76. The van der Waals surface area contributed by atoms with Crippen molar-refractivity contribution in [3.63, 3.8) is 0 Å². The molecule has 0 bridgehead atoms. The summed E-state index contributed by atoms with van der Waals surface area (Å²) in [6.45, 7) is 0.182. The van der Waals surface area contributed by atoms with Crippen LogP contribution < -0.4 is 4.72 Å². The summed E-state index contributed by atoms with van der Waals surface area (Å²) >= 11 is 0. The second-order valence-corrected chi connectivity index (χ2v) is 5.49. The van der Waals surface area contributed by atoms with E-state index >= 15 is 0 Å².